The van der Waals surface area contributed by atoms with Crippen molar-refractivity contribution in [2.75, 3.05) is 13.2 Å². The van der Waals surface area contributed by atoms with Crippen LogP contribution in [-0.4, -0.2) is 38.9 Å². The Labute approximate surface area is 127 Å². The third-order valence-corrected chi connectivity index (χ3v) is 3.21. The molecular formula is C14H17ClN4O2. The number of hydrogen-bond donors (Lipinski definition) is 2. The Hall–Kier alpha value is -1.92. The van der Waals surface area contributed by atoms with Crippen LogP contribution >= 0.6 is 11.6 Å². The molecule has 0 unspecified atom stereocenters. The van der Waals surface area contributed by atoms with Crippen LogP contribution in [0.4, 0.5) is 0 Å². The van der Waals surface area contributed by atoms with Crippen LogP contribution in [0.5, 0.6) is 0 Å². The second-order valence-corrected chi connectivity index (χ2v) is 4.81. The number of carbonyl (C=O) groups excluding carboxylic acids is 1. The average Bonchev–Trinajstić information content (AvgIpc) is 2.92. The van der Waals surface area contributed by atoms with Crippen LogP contribution in [0.2, 0.25) is 5.02 Å². The summed E-state index contributed by atoms with van der Waals surface area (Å²) in [5, 5.41) is 16.2. The van der Waals surface area contributed by atoms with Gasteiger partial charge in [-0.2, -0.15) is 0 Å². The quantitative estimate of drug-likeness (QED) is 0.794. The molecule has 1 aromatic heterocycles. The Morgan fingerprint density at radius 3 is 2.86 bits per heavy atom. The smallest absolute Gasteiger partial charge is 0.290 e. The summed E-state index contributed by atoms with van der Waals surface area (Å²) in [5.41, 5.74) is 0.693. The highest BCUT2D eigenvalue weighted by Gasteiger charge is 2.17. The molecule has 0 radical (unpaired) electrons. The minimum absolute atomic E-state index is 0.0297. The summed E-state index contributed by atoms with van der Waals surface area (Å²) in [6.07, 6.45) is 1.12. The molecule has 0 fully saturated rings. The Bertz CT molecular complexity index is 627. The Balaban J connectivity index is 2.28. The molecule has 1 aromatic carbocycles. The van der Waals surface area contributed by atoms with Crippen LogP contribution in [0, 0.1) is 0 Å². The first kappa shape index (κ1) is 15.5. The van der Waals surface area contributed by atoms with E-state index in [1.807, 2.05) is 25.1 Å². The van der Waals surface area contributed by atoms with Gasteiger partial charge in [-0.3, -0.25) is 4.79 Å². The largest absolute Gasteiger partial charge is 0.396 e. The van der Waals surface area contributed by atoms with Gasteiger partial charge in [0.25, 0.3) is 5.91 Å². The van der Waals surface area contributed by atoms with E-state index in [9.17, 15) is 4.79 Å². The van der Waals surface area contributed by atoms with Gasteiger partial charge in [-0.15, -0.1) is 5.10 Å². The third-order valence-electron chi connectivity index (χ3n) is 2.89. The van der Waals surface area contributed by atoms with Crippen molar-refractivity contribution in [2.45, 2.75) is 19.8 Å². The zero-order chi connectivity index (χ0) is 15.2. The van der Waals surface area contributed by atoms with E-state index in [-0.39, 0.29) is 18.3 Å². The molecule has 21 heavy (non-hydrogen) atoms. The molecule has 0 spiro atoms. The maximum absolute atomic E-state index is 12.0. The lowest BCUT2D eigenvalue weighted by molar-refractivity contribution is 0.0941. The molecule has 7 heteroatoms. The SMILES string of the molecule is CCc1nc(C(=O)NCCCO)nn1-c1ccccc1Cl. The molecule has 2 N–H and O–H groups in total. The van der Waals surface area contributed by atoms with Gasteiger partial charge in [0.2, 0.25) is 5.82 Å². The number of amides is 1. The summed E-state index contributed by atoms with van der Waals surface area (Å²) in [6, 6.07) is 7.27. The van der Waals surface area contributed by atoms with Crippen molar-refractivity contribution in [1.29, 1.82) is 0 Å². The van der Waals surface area contributed by atoms with Crippen molar-refractivity contribution in [3.05, 3.63) is 40.9 Å². The lowest BCUT2D eigenvalue weighted by Gasteiger charge is -2.05. The van der Waals surface area contributed by atoms with Crippen molar-refractivity contribution in [2.24, 2.45) is 0 Å². The van der Waals surface area contributed by atoms with Gasteiger partial charge in [0.1, 0.15) is 5.82 Å². The number of aliphatic hydroxyl groups is 1. The number of nitrogens with one attached hydrogen (secondary N) is 1. The fourth-order valence-electron chi connectivity index (χ4n) is 1.85. The summed E-state index contributed by atoms with van der Waals surface area (Å²) in [6.45, 7) is 2.35. The summed E-state index contributed by atoms with van der Waals surface area (Å²) in [7, 11) is 0. The Morgan fingerprint density at radius 2 is 2.19 bits per heavy atom. The van der Waals surface area contributed by atoms with Gasteiger partial charge in [-0.25, -0.2) is 9.67 Å². The van der Waals surface area contributed by atoms with Gasteiger partial charge in [0, 0.05) is 19.6 Å². The molecule has 0 saturated heterocycles. The number of aryl methyl sites for hydroxylation is 1. The molecule has 0 atom stereocenters. The van der Waals surface area contributed by atoms with Crippen LogP contribution in [-0.2, 0) is 6.42 Å². The fourth-order valence-corrected chi connectivity index (χ4v) is 2.06. The summed E-state index contributed by atoms with van der Waals surface area (Å²) < 4.78 is 1.59. The van der Waals surface area contributed by atoms with E-state index in [0.29, 0.717) is 35.9 Å². The standard InChI is InChI=1S/C14H17ClN4O2/c1-2-12-17-13(14(21)16-8-5-9-20)18-19(12)11-7-4-3-6-10(11)15/h3-4,6-7,20H,2,5,8-9H2,1H3,(H,16,21). The van der Waals surface area contributed by atoms with E-state index in [4.69, 9.17) is 16.7 Å². The number of hydrogen-bond acceptors (Lipinski definition) is 4. The number of halogens is 1. The molecule has 1 amide bonds. The highest BCUT2D eigenvalue weighted by atomic mass is 35.5. The van der Waals surface area contributed by atoms with Crippen molar-refractivity contribution >= 4 is 17.5 Å². The summed E-state index contributed by atoms with van der Waals surface area (Å²) in [4.78, 5) is 16.2. The molecular weight excluding hydrogens is 292 g/mol. The van der Waals surface area contributed by atoms with Crippen LogP contribution in [0.25, 0.3) is 5.69 Å². The van der Waals surface area contributed by atoms with Gasteiger partial charge >= 0.3 is 0 Å². The molecule has 0 aliphatic carbocycles. The second kappa shape index (κ2) is 7.19. The lowest BCUT2D eigenvalue weighted by Crippen LogP contribution is -2.26. The highest BCUT2D eigenvalue weighted by Crippen LogP contribution is 2.20. The first-order valence-electron chi connectivity index (χ1n) is 6.77. The lowest BCUT2D eigenvalue weighted by atomic mass is 10.3. The first-order valence-corrected chi connectivity index (χ1v) is 7.15. The van der Waals surface area contributed by atoms with E-state index in [1.165, 1.54) is 0 Å². The Morgan fingerprint density at radius 1 is 1.43 bits per heavy atom. The molecule has 112 valence electrons. The molecule has 2 aromatic rings. The van der Waals surface area contributed by atoms with Crippen molar-refractivity contribution in [3.63, 3.8) is 0 Å². The minimum atomic E-state index is -0.357. The highest BCUT2D eigenvalue weighted by molar-refractivity contribution is 6.32. The fraction of sp³-hybridized carbons (Fsp3) is 0.357. The van der Waals surface area contributed by atoms with E-state index in [1.54, 1.807) is 10.7 Å². The summed E-state index contributed by atoms with van der Waals surface area (Å²) in [5.74, 6) is 0.407. The maximum Gasteiger partial charge on any atom is 0.290 e. The first-order chi connectivity index (χ1) is 10.2. The number of aromatic nitrogens is 3. The maximum atomic E-state index is 12.0. The molecule has 2 rings (SSSR count). The molecule has 0 saturated carbocycles. The van der Waals surface area contributed by atoms with E-state index in [2.05, 4.69) is 15.4 Å². The molecule has 1 heterocycles. The molecule has 6 nitrogen and oxygen atoms in total. The normalized spacial score (nSPS) is 10.6. The van der Waals surface area contributed by atoms with E-state index < -0.39 is 0 Å². The monoisotopic (exact) mass is 308 g/mol. The van der Waals surface area contributed by atoms with Crippen LogP contribution in [0.15, 0.2) is 24.3 Å². The number of para-hydroxylation sites is 1. The number of carbonyl (C=O) groups is 1. The second-order valence-electron chi connectivity index (χ2n) is 4.40. The third kappa shape index (κ3) is 3.59. The topological polar surface area (TPSA) is 80.0 Å². The zero-order valence-corrected chi connectivity index (χ0v) is 12.5. The molecule has 0 aliphatic rings. The van der Waals surface area contributed by atoms with Crippen molar-refractivity contribution < 1.29 is 9.90 Å². The number of aliphatic hydroxyl groups excluding tert-OH is 1. The van der Waals surface area contributed by atoms with Gasteiger partial charge < -0.3 is 10.4 Å². The van der Waals surface area contributed by atoms with Crippen molar-refractivity contribution in [1.82, 2.24) is 20.1 Å². The van der Waals surface area contributed by atoms with Crippen LogP contribution in [0.1, 0.15) is 29.8 Å². The van der Waals surface area contributed by atoms with Crippen LogP contribution < -0.4 is 5.32 Å². The van der Waals surface area contributed by atoms with Crippen molar-refractivity contribution in [3.8, 4) is 5.69 Å². The van der Waals surface area contributed by atoms with Crippen LogP contribution in [0.3, 0.4) is 0 Å². The predicted octanol–water partition coefficient (Wildman–Crippen LogP) is 1.60. The van der Waals surface area contributed by atoms with E-state index in [0.717, 1.165) is 0 Å². The molecule has 0 bridgehead atoms. The number of benzene rings is 1. The Kier molecular flexibility index (Phi) is 5.30. The number of rotatable bonds is 6. The van der Waals surface area contributed by atoms with Gasteiger partial charge in [-0.1, -0.05) is 30.7 Å². The predicted molar refractivity (Wildman–Crippen MR) is 79.8 cm³/mol. The van der Waals surface area contributed by atoms with Gasteiger partial charge in [0.05, 0.1) is 10.7 Å². The average molecular weight is 309 g/mol. The summed E-state index contributed by atoms with van der Waals surface area (Å²) >= 11 is 6.16. The van der Waals surface area contributed by atoms with Gasteiger partial charge in [0.15, 0.2) is 0 Å². The number of nitrogens with zero attached hydrogens (tertiary/aromatic N) is 3. The minimum Gasteiger partial charge on any atom is -0.396 e. The molecule has 0 aliphatic heterocycles. The van der Waals surface area contributed by atoms with E-state index >= 15 is 0 Å². The van der Waals surface area contributed by atoms with Gasteiger partial charge in [-0.05, 0) is 18.6 Å². The zero-order valence-electron chi connectivity index (χ0n) is 11.7.